The molecule has 0 aliphatic carbocycles. The number of ether oxygens (including phenoxy) is 2. The van der Waals surface area contributed by atoms with E-state index in [9.17, 15) is 4.79 Å². The van der Waals surface area contributed by atoms with Crippen molar-refractivity contribution in [2.75, 3.05) is 7.11 Å². The molecule has 0 atom stereocenters. The molecule has 20 heavy (non-hydrogen) atoms. The Labute approximate surface area is 121 Å². The molecular formula is C15H10ClNO3. The molecule has 2 rings (SSSR count). The molecule has 0 N–H and O–H groups in total. The normalized spacial score (nSPS) is 9.65. The zero-order valence-electron chi connectivity index (χ0n) is 10.6. The molecule has 0 aromatic heterocycles. The molecular weight excluding hydrogens is 278 g/mol. The summed E-state index contributed by atoms with van der Waals surface area (Å²) < 4.78 is 10.7. The lowest BCUT2D eigenvalue weighted by atomic mass is 10.2. The summed E-state index contributed by atoms with van der Waals surface area (Å²) in [6, 6.07) is 11.6. The first kappa shape index (κ1) is 13.9. The van der Waals surface area contributed by atoms with Crippen molar-refractivity contribution in [2.45, 2.75) is 0 Å². The second-order valence-electron chi connectivity index (χ2n) is 3.89. The van der Waals surface area contributed by atoms with E-state index in [-0.39, 0.29) is 5.75 Å². The number of hydrogen-bond donors (Lipinski definition) is 0. The zero-order chi connectivity index (χ0) is 14.5. The summed E-state index contributed by atoms with van der Waals surface area (Å²) in [5.41, 5.74) is 0.720. The molecule has 0 amide bonds. The van der Waals surface area contributed by atoms with Crippen LogP contribution >= 0.6 is 11.6 Å². The number of halogens is 1. The lowest BCUT2D eigenvalue weighted by Crippen LogP contribution is -1.93. The van der Waals surface area contributed by atoms with E-state index in [0.717, 1.165) is 0 Å². The van der Waals surface area contributed by atoms with Gasteiger partial charge in [-0.1, -0.05) is 17.7 Å². The number of benzene rings is 2. The highest BCUT2D eigenvalue weighted by Gasteiger charge is 2.10. The van der Waals surface area contributed by atoms with Gasteiger partial charge in [0, 0.05) is 6.07 Å². The van der Waals surface area contributed by atoms with E-state index in [0.29, 0.717) is 33.9 Å². The van der Waals surface area contributed by atoms with Gasteiger partial charge in [-0.3, -0.25) is 4.79 Å². The van der Waals surface area contributed by atoms with Gasteiger partial charge in [-0.2, -0.15) is 5.26 Å². The molecule has 0 bridgehead atoms. The van der Waals surface area contributed by atoms with E-state index >= 15 is 0 Å². The molecule has 5 heteroatoms. The van der Waals surface area contributed by atoms with Crippen LogP contribution in [0.4, 0.5) is 0 Å². The maximum atomic E-state index is 11.0. The molecule has 2 aromatic carbocycles. The van der Waals surface area contributed by atoms with Crippen LogP contribution in [0.1, 0.15) is 15.9 Å². The van der Waals surface area contributed by atoms with Gasteiger partial charge in [0.2, 0.25) is 0 Å². The minimum absolute atomic E-state index is 0.251. The fourth-order valence-corrected chi connectivity index (χ4v) is 1.88. The van der Waals surface area contributed by atoms with Crippen molar-refractivity contribution >= 4 is 17.9 Å². The smallest absolute Gasteiger partial charge is 0.156 e. The van der Waals surface area contributed by atoms with Crippen molar-refractivity contribution < 1.29 is 14.3 Å². The highest BCUT2D eigenvalue weighted by molar-refractivity contribution is 6.32. The number of aldehydes is 1. The average molecular weight is 288 g/mol. The van der Waals surface area contributed by atoms with Crippen LogP contribution in [0, 0.1) is 11.3 Å². The fourth-order valence-electron chi connectivity index (χ4n) is 1.66. The van der Waals surface area contributed by atoms with Crippen LogP contribution in [-0.4, -0.2) is 13.4 Å². The van der Waals surface area contributed by atoms with Crippen LogP contribution in [0.2, 0.25) is 5.02 Å². The maximum absolute atomic E-state index is 11.0. The van der Waals surface area contributed by atoms with Gasteiger partial charge in [0.05, 0.1) is 29.3 Å². The van der Waals surface area contributed by atoms with E-state index in [1.165, 1.54) is 7.11 Å². The largest absolute Gasteiger partial charge is 0.497 e. The van der Waals surface area contributed by atoms with E-state index in [1.54, 1.807) is 36.4 Å². The second-order valence-corrected chi connectivity index (χ2v) is 4.29. The lowest BCUT2D eigenvalue weighted by Gasteiger charge is -2.11. The molecule has 0 spiro atoms. The summed E-state index contributed by atoms with van der Waals surface area (Å²) >= 11 is 6.03. The molecule has 4 nitrogen and oxygen atoms in total. The Kier molecular flexibility index (Phi) is 4.24. The maximum Gasteiger partial charge on any atom is 0.156 e. The highest BCUT2D eigenvalue weighted by atomic mass is 35.5. The SMILES string of the molecule is COc1cc(C#N)cc(Oc2c(Cl)cccc2C=O)c1. The monoisotopic (exact) mass is 287 g/mol. The molecule has 2 aromatic rings. The zero-order valence-corrected chi connectivity index (χ0v) is 11.3. The van der Waals surface area contributed by atoms with Gasteiger partial charge in [0.15, 0.2) is 12.0 Å². The number of carbonyl (C=O) groups is 1. The van der Waals surface area contributed by atoms with Crippen LogP contribution in [0.3, 0.4) is 0 Å². The number of methoxy groups -OCH3 is 1. The van der Waals surface area contributed by atoms with E-state index in [1.807, 2.05) is 6.07 Å². The quantitative estimate of drug-likeness (QED) is 0.802. The predicted molar refractivity (Wildman–Crippen MR) is 74.6 cm³/mol. The van der Waals surface area contributed by atoms with Crippen LogP contribution < -0.4 is 9.47 Å². The Morgan fingerprint density at radius 3 is 2.65 bits per heavy atom. The van der Waals surface area contributed by atoms with Crippen molar-refractivity contribution in [1.82, 2.24) is 0 Å². The van der Waals surface area contributed by atoms with Gasteiger partial charge in [-0.25, -0.2) is 0 Å². The molecule has 0 unspecified atom stereocenters. The molecule has 0 aliphatic heterocycles. The third-order valence-corrected chi connectivity index (χ3v) is 2.89. The Bertz CT molecular complexity index is 692. The molecule has 0 fully saturated rings. The summed E-state index contributed by atoms with van der Waals surface area (Å²) in [5.74, 6) is 1.11. The van der Waals surface area contributed by atoms with Crippen molar-refractivity contribution in [3.8, 4) is 23.3 Å². The number of nitrogens with zero attached hydrogens (tertiary/aromatic N) is 1. The van der Waals surface area contributed by atoms with Crippen molar-refractivity contribution in [1.29, 1.82) is 5.26 Å². The highest BCUT2D eigenvalue weighted by Crippen LogP contribution is 2.34. The Morgan fingerprint density at radius 2 is 2.00 bits per heavy atom. The first-order chi connectivity index (χ1) is 9.67. The standard InChI is InChI=1S/C15H10ClNO3/c1-19-12-5-10(8-17)6-13(7-12)20-15-11(9-18)3-2-4-14(15)16/h2-7,9H,1H3. The lowest BCUT2D eigenvalue weighted by molar-refractivity contribution is 0.112. The molecule has 0 saturated carbocycles. The molecule has 0 radical (unpaired) electrons. The van der Waals surface area contributed by atoms with E-state index in [2.05, 4.69) is 0 Å². The summed E-state index contributed by atoms with van der Waals surface area (Å²) in [6.07, 6.45) is 0.659. The van der Waals surface area contributed by atoms with Gasteiger partial charge >= 0.3 is 0 Å². The van der Waals surface area contributed by atoms with Crippen molar-refractivity contribution in [3.63, 3.8) is 0 Å². The summed E-state index contributed by atoms with van der Waals surface area (Å²) in [7, 11) is 1.49. The third-order valence-electron chi connectivity index (χ3n) is 2.59. The molecule has 0 aliphatic rings. The van der Waals surface area contributed by atoms with E-state index < -0.39 is 0 Å². The summed E-state index contributed by atoms with van der Waals surface area (Å²) in [4.78, 5) is 11.0. The number of carbonyl (C=O) groups excluding carboxylic acids is 1. The minimum Gasteiger partial charge on any atom is -0.497 e. The molecule has 0 heterocycles. The van der Waals surface area contributed by atoms with Crippen LogP contribution in [0.5, 0.6) is 17.2 Å². The van der Waals surface area contributed by atoms with Gasteiger partial charge in [0.25, 0.3) is 0 Å². The first-order valence-electron chi connectivity index (χ1n) is 5.68. The number of rotatable bonds is 4. The molecule has 0 saturated heterocycles. The Hall–Kier alpha value is -2.51. The van der Waals surface area contributed by atoms with Gasteiger partial charge in [-0.15, -0.1) is 0 Å². The average Bonchev–Trinajstić information content (AvgIpc) is 2.48. The van der Waals surface area contributed by atoms with Crippen LogP contribution in [0.25, 0.3) is 0 Å². The second kappa shape index (κ2) is 6.09. The number of para-hydroxylation sites is 1. The molecule has 100 valence electrons. The summed E-state index contributed by atoms with van der Waals surface area (Å²) in [6.45, 7) is 0. The van der Waals surface area contributed by atoms with Gasteiger partial charge in [0.1, 0.15) is 11.5 Å². The van der Waals surface area contributed by atoms with Crippen molar-refractivity contribution in [2.24, 2.45) is 0 Å². The number of nitriles is 1. The predicted octanol–water partition coefficient (Wildman–Crippen LogP) is 3.83. The number of hydrogen-bond acceptors (Lipinski definition) is 4. The third kappa shape index (κ3) is 2.90. The van der Waals surface area contributed by atoms with Crippen molar-refractivity contribution in [3.05, 3.63) is 52.5 Å². The fraction of sp³-hybridized carbons (Fsp3) is 0.0667. The Morgan fingerprint density at radius 1 is 1.25 bits per heavy atom. The van der Waals surface area contributed by atoms with Crippen LogP contribution in [0.15, 0.2) is 36.4 Å². The topological polar surface area (TPSA) is 59.3 Å². The first-order valence-corrected chi connectivity index (χ1v) is 6.06. The summed E-state index contributed by atoms with van der Waals surface area (Å²) in [5, 5.41) is 9.28. The minimum atomic E-state index is 0.251. The van der Waals surface area contributed by atoms with Gasteiger partial charge in [-0.05, 0) is 24.3 Å². The van der Waals surface area contributed by atoms with E-state index in [4.69, 9.17) is 26.3 Å². The van der Waals surface area contributed by atoms with Gasteiger partial charge < -0.3 is 9.47 Å². The Balaban J connectivity index is 2.45. The van der Waals surface area contributed by atoms with Crippen LogP contribution in [-0.2, 0) is 0 Å².